The summed E-state index contributed by atoms with van der Waals surface area (Å²) in [5, 5.41) is 4.59. The van der Waals surface area contributed by atoms with Crippen LogP contribution in [-0.2, 0) is 12.8 Å². The van der Waals surface area contributed by atoms with E-state index in [0.717, 1.165) is 66.1 Å². The third-order valence-corrected chi connectivity index (χ3v) is 5.21. The summed E-state index contributed by atoms with van der Waals surface area (Å²) in [7, 11) is 1.38. The van der Waals surface area contributed by atoms with Crippen molar-refractivity contribution in [1.82, 2.24) is 9.78 Å². The number of hydrogen-bond donors (Lipinski definition) is 0. The molecule has 0 radical (unpaired) electrons. The fourth-order valence-corrected chi connectivity index (χ4v) is 3.80. The molecule has 0 saturated carbocycles. The zero-order chi connectivity index (χ0) is 19.7. The molecular formula is C22H21F2N3O. The molecule has 144 valence electrons. The van der Waals surface area contributed by atoms with Crippen molar-refractivity contribution in [3.05, 3.63) is 77.1 Å². The van der Waals surface area contributed by atoms with Crippen molar-refractivity contribution in [2.75, 3.05) is 11.9 Å². The van der Waals surface area contributed by atoms with Gasteiger partial charge < -0.3 is 4.90 Å². The highest BCUT2D eigenvalue weighted by atomic mass is 19.1. The second kappa shape index (κ2) is 7.54. The normalized spacial score (nSPS) is 13.7. The van der Waals surface area contributed by atoms with Crippen LogP contribution in [0.3, 0.4) is 0 Å². The molecule has 1 aliphatic carbocycles. The standard InChI is InChI=1S/C22H21F2N3O/c1-26(21-17(23)12-8-13-18(21)24)22(28)20-16-11-6-3-7-14-19(16)27(25-20)15-9-4-2-5-10-15/h2,4-5,8-10,12-13H,3,6-7,11,14H2,1H3. The summed E-state index contributed by atoms with van der Waals surface area (Å²) in [6.07, 6.45) is 4.62. The van der Waals surface area contributed by atoms with Crippen LogP contribution < -0.4 is 4.90 Å². The average Bonchev–Trinajstić information content (AvgIpc) is 2.89. The van der Waals surface area contributed by atoms with Gasteiger partial charge in [-0.25, -0.2) is 13.5 Å². The van der Waals surface area contributed by atoms with Crippen LogP contribution in [0.2, 0.25) is 0 Å². The molecule has 0 N–H and O–H groups in total. The van der Waals surface area contributed by atoms with Crippen LogP contribution in [0.25, 0.3) is 5.69 Å². The number of rotatable bonds is 3. The van der Waals surface area contributed by atoms with E-state index in [0.29, 0.717) is 0 Å². The van der Waals surface area contributed by atoms with E-state index in [4.69, 9.17) is 0 Å². The minimum Gasteiger partial charge on any atom is -0.305 e. The van der Waals surface area contributed by atoms with Gasteiger partial charge in [0.2, 0.25) is 0 Å². The SMILES string of the molecule is CN(C(=O)c1nn(-c2ccccc2)c2c1CCCCC2)c1c(F)cccc1F. The number of amides is 1. The first kappa shape index (κ1) is 18.3. The summed E-state index contributed by atoms with van der Waals surface area (Å²) >= 11 is 0. The number of hydrogen-bond acceptors (Lipinski definition) is 2. The van der Waals surface area contributed by atoms with Crippen molar-refractivity contribution >= 4 is 11.6 Å². The molecule has 6 heteroatoms. The summed E-state index contributed by atoms with van der Waals surface area (Å²) in [6.45, 7) is 0. The minimum atomic E-state index is -0.774. The average molecular weight is 381 g/mol. The lowest BCUT2D eigenvalue weighted by molar-refractivity contribution is 0.0985. The number of carbonyl (C=O) groups excluding carboxylic acids is 1. The molecule has 0 fully saturated rings. The summed E-state index contributed by atoms with van der Waals surface area (Å²) in [6, 6.07) is 13.2. The van der Waals surface area contributed by atoms with Gasteiger partial charge in [-0.2, -0.15) is 5.10 Å². The van der Waals surface area contributed by atoms with Gasteiger partial charge in [0, 0.05) is 18.3 Å². The molecule has 4 nitrogen and oxygen atoms in total. The van der Waals surface area contributed by atoms with Crippen LogP contribution in [-0.4, -0.2) is 22.7 Å². The zero-order valence-electron chi connectivity index (χ0n) is 15.7. The Labute approximate surface area is 162 Å². The maximum Gasteiger partial charge on any atom is 0.278 e. The first-order chi connectivity index (χ1) is 13.6. The van der Waals surface area contributed by atoms with Crippen molar-refractivity contribution in [3.63, 3.8) is 0 Å². The summed E-state index contributed by atoms with van der Waals surface area (Å²) in [5.74, 6) is -2.05. The lowest BCUT2D eigenvalue weighted by Crippen LogP contribution is -2.29. The van der Waals surface area contributed by atoms with Crippen LogP contribution in [0, 0.1) is 11.6 Å². The first-order valence-corrected chi connectivity index (χ1v) is 9.46. The van der Waals surface area contributed by atoms with E-state index < -0.39 is 17.5 Å². The molecule has 0 atom stereocenters. The topological polar surface area (TPSA) is 38.1 Å². The third kappa shape index (κ3) is 3.19. The zero-order valence-corrected chi connectivity index (χ0v) is 15.7. The quantitative estimate of drug-likeness (QED) is 0.617. The third-order valence-electron chi connectivity index (χ3n) is 5.21. The first-order valence-electron chi connectivity index (χ1n) is 9.46. The van der Waals surface area contributed by atoms with E-state index in [1.54, 1.807) is 4.68 Å². The fraction of sp³-hybridized carbons (Fsp3) is 0.273. The Kier molecular flexibility index (Phi) is 4.94. The number of nitrogens with zero attached hydrogens (tertiary/aromatic N) is 3. The summed E-state index contributed by atoms with van der Waals surface area (Å²) < 4.78 is 30.2. The smallest absolute Gasteiger partial charge is 0.278 e. The van der Waals surface area contributed by atoms with Crippen molar-refractivity contribution < 1.29 is 13.6 Å². The maximum atomic E-state index is 14.2. The number of para-hydroxylation sites is 2. The molecule has 2 aromatic carbocycles. The number of halogens is 2. The fourth-order valence-electron chi connectivity index (χ4n) is 3.80. The van der Waals surface area contributed by atoms with Crippen molar-refractivity contribution in [3.8, 4) is 5.69 Å². The monoisotopic (exact) mass is 381 g/mol. The van der Waals surface area contributed by atoms with Crippen LogP contribution in [0.15, 0.2) is 48.5 Å². The van der Waals surface area contributed by atoms with Crippen molar-refractivity contribution in [2.45, 2.75) is 32.1 Å². The highest BCUT2D eigenvalue weighted by molar-refractivity contribution is 6.05. The molecule has 1 amide bonds. The Morgan fingerprint density at radius 3 is 2.36 bits per heavy atom. The number of fused-ring (bicyclic) bond motifs is 1. The second-order valence-corrected chi connectivity index (χ2v) is 7.02. The summed E-state index contributed by atoms with van der Waals surface area (Å²) in [5.41, 5.74) is 2.68. The van der Waals surface area contributed by atoms with Gasteiger partial charge in [-0.05, 0) is 49.9 Å². The van der Waals surface area contributed by atoms with Gasteiger partial charge in [0.25, 0.3) is 5.91 Å². The van der Waals surface area contributed by atoms with Crippen LogP contribution in [0.1, 0.15) is 41.0 Å². The highest BCUT2D eigenvalue weighted by Crippen LogP contribution is 2.29. The van der Waals surface area contributed by atoms with E-state index >= 15 is 0 Å². The number of carbonyl (C=O) groups is 1. The molecule has 0 spiro atoms. The van der Waals surface area contributed by atoms with Gasteiger partial charge in [0.15, 0.2) is 5.69 Å². The molecule has 1 aromatic heterocycles. The number of benzene rings is 2. The Morgan fingerprint density at radius 2 is 1.64 bits per heavy atom. The summed E-state index contributed by atoms with van der Waals surface area (Å²) in [4.78, 5) is 14.2. The van der Waals surface area contributed by atoms with Gasteiger partial charge in [0.05, 0.1) is 5.69 Å². The van der Waals surface area contributed by atoms with E-state index in [9.17, 15) is 13.6 Å². The van der Waals surface area contributed by atoms with Crippen LogP contribution >= 0.6 is 0 Å². The molecule has 0 unspecified atom stereocenters. The van der Waals surface area contributed by atoms with Crippen LogP contribution in [0.4, 0.5) is 14.5 Å². The Bertz CT molecular complexity index is 994. The molecule has 1 heterocycles. The molecular weight excluding hydrogens is 360 g/mol. The van der Waals surface area contributed by atoms with Gasteiger partial charge in [-0.15, -0.1) is 0 Å². The minimum absolute atomic E-state index is 0.269. The van der Waals surface area contributed by atoms with Crippen molar-refractivity contribution in [1.29, 1.82) is 0 Å². The molecule has 0 bridgehead atoms. The highest BCUT2D eigenvalue weighted by Gasteiger charge is 2.29. The Morgan fingerprint density at radius 1 is 0.964 bits per heavy atom. The predicted molar refractivity (Wildman–Crippen MR) is 104 cm³/mol. The van der Waals surface area contributed by atoms with E-state index in [1.165, 1.54) is 13.1 Å². The van der Waals surface area contributed by atoms with Gasteiger partial charge >= 0.3 is 0 Å². The van der Waals surface area contributed by atoms with Gasteiger partial charge in [-0.3, -0.25) is 4.79 Å². The molecule has 1 aliphatic rings. The Hall–Kier alpha value is -3.02. The largest absolute Gasteiger partial charge is 0.305 e. The van der Waals surface area contributed by atoms with Crippen molar-refractivity contribution in [2.24, 2.45) is 0 Å². The second-order valence-electron chi connectivity index (χ2n) is 7.02. The molecule has 3 aromatic rings. The molecule has 0 saturated heterocycles. The maximum absolute atomic E-state index is 14.2. The lowest BCUT2D eigenvalue weighted by Gasteiger charge is -2.18. The van der Waals surface area contributed by atoms with E-state index in [2.05, 4.69) is 5.10 Å². The molecule has 28 heavy (non-hydrogen) atoms. The van der Waals surface area contributed by atoms with Crippen LogP contribution in [0.5, 0.6) is 0 Å². The number of anilines is 1. The predicted octanol–water partition coefficient (Wildman–Crippen LogP) is 4.70. The van der Waals surface area contributed by atoms with E-state index in [-0.39, 0.29) is 11.4 Å². The van der Waals surface area contributed by atoms with Gasteiger partial charge in [0.1, 0.15) is 17.3 Å². The Balaban J connectivity index is 1.81. The van der Waals surface area contributed by atoms with E-state index in [1.807, 2.05) is 30.3 Å². The molecule has 0 aliphatic heterocycles. The lowest BCUT2D eigenvalue weighted by atomic mass is 10.1. The molecule has 4 rings (SSSR count). The number of aromatic nitrogens is 2. The van der Waals surface area contributed by atoms with Gasteiger partial charge in [-0.1, -0.05) is 30.7 Å².